The fourth-order valence-corrected chi connectivity index (χ4v) is 5.43. The monoisotopic (exact) mass is 376 g/mol. The summed E-state index contributed by atoms with van der Waals surface area (Å²) in [7, 11) is 0. The molecule has 2 aliphatic heterocycles. The molecule has 0 saturated carbocycles. The van der Waals surface area contributed by atoms with Gasteiger partial charge in [0.05, 0.1) is 18.1 Å². The van der Waals surface area contributed by atoms with Crippen LogP contribution in [0.15, 0.2) is 6.07 Å². The highest BCUT2D eigenvalue weighted by Crippen LogP contribution is 2.34. The minimum absolute atomic E-state index is 0.0639. The van der Waals surface area contributed by atoms with Crippen molar-refractivity contribution in [1.82, 2.24) is 9.80 Å². The van der Waals surface area contributed by atoms with Gasteiger partial charge in [-0.2, -0.15) is 0 Å². The number of thiophene rings is 1. The molecule has 0 unspecified atom stereocenters. The molecule has 1 aromatic rings. The molecule has 26 heavy (non-hydrogen) atoms. The highest BCUT2D eigenvalue weighted by atomic mass is 32.1. The van der Waals surface area contributed by atoms with Crippen molar-refractivity contribution in [2.75, 3.05) is 39.4 Å². The Bertz CT molecular complexity index is 673. The summed E-state index contributed by atoms with van der Waals surface area (Å²) < 4.78 is 5.35. The van der Waals surface area contributed by atoms with Crippen molar-refractivity contribution in [2.45, 2.75) is 39.0 Å². The van der Waals surface area contributed by atoms with Crippen LogP contribution in [0, 0.1) is 11.8 Å². The Balaban J connectivity index is 1.42. The highest BCUT2D eigenvalue weighted by Gasteiger charge is 2.32. The minimum Gasteiger partial charge on any atom is -0.378 e. The van der Waals surface area contributed by atoms with Crippen molar-refractivity contribution < 1.29 is 14.3 Å². The zero-order chi connectivity index (χ0) is 18.1. The van der Waals surface area contributed by atoms with Crippen LogP contribution >= 0.6 is 11.3 Å². The Morgan fingerprint density at radius 2 is 1.81 bits per heavy atom. The third kappa shape index (κ3) is 3.67. The van der Waals surface area contributed by atoms with E-state index in [2.05, 4.69) is 13.0 Å². The number of carbonyl (C=O) groups is 2. The predicted molar refractivity (Wildman–Crippen MR) is 102 cm³/mol. The van der Waals surface area contributed by atoms with E-state index in [1.807, 2.05) is 9.80 Å². The smallest absolute Gasteiger partial charge is 0.263 e. The van der Waals surface area contributed by atoms with E-state index >= 15 is 0 Å². The molecule has 0 bridgehead atoms. The SMILES string of the molecule is CC1CCN(C(=O)c2cc3c(s2)CC[C@@H](C(=O)N2CCOCC2)C3)CC1. The first-order chi connectivity index (χ1) is 12.6. The van der Waals surface area contributed by atoms with Crippen LogP contribution in [0.4, 0.5) is 0 Å². The van der Waals surface area contributed by atoms with E-state index < -0.39 is 0 Å². The molecule has 1 aromatic heterocycles. The minimum atomic E-state index is 0.0639. The number of fused-ring (bicyclic) bond motifs is 1. The van der Waals surface area contributed by atoms with Crippen molar-refractivity contribution in [3.8, 4) is 0 Å². The van der Waals surface area contributed by atoms with Crippen LogP contribution in [0.3, 0.4) is 0 Å². The summed E-state index contributed by atoms with van der Waals surface area (Å²) in [5, 5.41) is 0. The van der Waals surface area contributed by atoms with Crippen LogP contribution in [0.2, 0.25) is 0 Å². The van der Waals surface area contributed by atoms with Gasteiger partial charge in [-0.25, -0.2) is 0 Å². The quantitative estimate of drug-likeness (QED) is 0.797. The number of amides is 2. The molecule has 3 aliphatic rings. The Hall–Kier alpha value is -1.40. The fourth-order valence-electron chi connectivity index (χ4n) is 4.25. The molecule has 6 heteroatoms. The van der Waals surface area contributed by atoms with Gasteiger partial charge >= 0.3 is 0 Å². The lowest BCUT2D eigenvalue weighted by molar-refractivity contribution is -0.140. The number of likely N-dealkylation sites (tertiary alicyclic amines) is 1. The summed E-state index contributed by atoms with van der Waals surface area (Å²) in [5.74, 6) is 1.24. The third-order valence-electron chi connectivity index (χ3n) is 6.04. The normalized spacial score (nSPS) is 24.4. The van der Waals surface area contributed by atoms with Gasteiger partial charge in [-0.1, -0.05) is 6.92 Å². The highest BCUT2D eigenvalue weighted by molar-refractivity contribution is 7.14. The summed E-state index contributed by atoms with van der Waals surface area (Å²) in [6.07, 6.45) is 4.82. The fraction of sp³-hybridized carbons (Fsp3) is 0.700. The van der Waals surface area contributed by atoms with Gasteiger partial charge in [0.1, 0.15) is 0 Å². The van der Waals surface area contributed by atoms with Crippen LogP contribution in [-0.2, 0) is 22.4 Å². The molecule has 2 saturated heterocycles. The largest absolute Gasteiger partial charge is 0.378 e. The van der Waals surface area contributed by atoms with Crippen molar-refractivity contribution in [3.05, 3.63) is 21.4 Å². The molecule has 4 rings (SSSR count). The predicted octanol–water partition coefficient (Wildman–Crippen LogP) is 2.58. The second kappa shape index (κ2) is 7.69. The van der Waals surface area contributed by atoms with E-state index in [9.17, 15) is 9.59 Å². The standard InChI is InChI=1S/C20H28N2O3S/c1-14-4-6-21(7-5-14)20(24)18-13-16-12-15(2-3-17(16)26-18)19(23)22-8-10-25-11-9-22/h13-15H,2-12H2,1H3/t15-/m1/s1. The average Bonchev–Trinajstić information content (AvgIpc) is 3.11. The number of nitrogens with zero attached hydrogens (tertiary/aromatic N) is 2. The Labute approximate surface area is 159 Å². The Morgan fingerprint density at radius 1 is 1.08 bits per heavy atom. The second-order valence-corrected chi connectivity index (χ2v) is 9.05. The maximum absolute atomic E-state index is 12.8. The third-order valence-corrected chi connectivity index (χ3v) is 7.26. The Morgan fingerprint density at radius 3 is 2.54 bits per heavy atom. The van der Waals surface area contributed by atoms with E-state index in [0.29, 0.717) is 26.3 Å². The van der Waals surface area contributed by atoms with Crippen LogP contribution in [0.5, 0.6) is 0 Å². The maximum atomic E-state index is 12.8. The van der Waals surface area contributed by atoms with Gasteiger partial charge in [-0.15, -0.1) is 11.3 Å². The van der Waals surface area contributed by atoms with Gasteiger partial charge in [0.2, 0.25) is 5.91 Å². The number of rotatable bonds is 2. The van der Waals surface area contributed by atoms with E-state index in [4.69, 9.17) is 4.74 Å². The van der Waals surface area contributed by atoms with E-state index in [1.54, 1.807) is 11.3 Å². The lowest BCUT2D eigenvalue weighted by Gasteiger charge is -2.31. The van der Waals surface area contributed by atoms with Gasteiger partial charge < -0.3 is 14.5 Å². The molecular formula is C20H28N2O3S. The van der Waals surface area contributed by atoms with Gasteiger partial charge in [0.15, 0.2) is 0 Å². The molecule has 0 N–H and O–H groups in total. The van der Waals surface area contributed by atoms with Crippen molar-refractivity contribution in [3.63, 3.8) is 0 Å². The van der Waals surface area contributed by atoms with E-state index in [1.165, 1.54) is 10.4 Å². The number of hydrogen-bond acceptors (Lipinski definition) is 4. The molecule has 3 heterocycles. The summed E-state index contributed by atoms with van der Waals surface area (Å²) in [4.78, 5) is 31.7. The molecule has 2 fully saturated rings. The molecular weight excluding hydrogens is 348 g/mol. The summed E-state index contributed by atoms with van der Waals surface area (Å²) >= 11 is 1.65. The zero-order valence-electron chi connectivity index (χ0n) is 15.5. The number of carbonyl (C=O) groups excluding carboxylic acids is 2. The van der Waals surface area contributed by atoms with E-state index in [0.717, 1.165) is 56.0 Å². The van der Waals surface area contributed by atoms with Crippen LogP contribution in [0.25, 0.3) is 0 Å². The first-order valence-electron chi connectivity index (χ1n) is 9.89. The summed E-state index contributed by atoms with van der Waals surface area (Å²) in [5.41, 5.74) is 1.22. The zero-order valence-corrected chi connectivity index (χ0v) is 16.4. The van der Waals surface area contributed by atoms with E-state index in [-0.39, 0.29) is 17.7 Å². The van der Waals surface area contributed by atoms with Gasteiger partial charge in [0.25, 0.3) is 5.91 Å². The number of ether oxygens (including phenoxy) is 1. The number of aryl methyl sites for hydroxylation is 1. The number of morpholine rings is 1. The molecule has 1 aliphatic carbocycles. The molecule has 0 aromatic carbocycles. The van der Waals surface area contributed by atoms with Crippen molar-refractivity contribution >= 4 is 23.2 Å². The number of piperidine rings is 1. The average molecular weight is 377 g/mol. The number of hydrogen-bond donors (Lipinski definition) is 0. The second-order valence-electron chi connectivity index (χ2n) is 7.91. The first kappa shape index (κ1) is 18.0. The maximum Gasteiger partial charge on any atom is 0.263 e. The van der Waals surface area contributed by atoms with Crippen LogP contribution in [0.1, 0.15) is 46.3 Å². The first-order valence-corrected chi connectivity index (χ1v) is 10.7. The molecule has 0 radical (unpaired) electrons. The molecule has 1 atom stereocenters. The van der Waals surface area contributed by atoms with Crippen molar-refractivity contribution in [2.24, 2.45) is 11.8 Å². The van der Waals surface area contributed by atoms with Gasteiger partial charge in [0, 0.05) is 37.0 Å². The molecule has 2 amide bonds. The molecule has 5 nitrogen and oxygen atoms in total. The summed E-state index contributed by atoms with van der Waals surface area (Å²) in [6, 6.07) is 2.07. The van der Waals surface area contributed by atoms with Gasteiger partial charge in [-0.05, 0) is 49.7 Å². The molecule has 0 spiro atoms. The lowest BCUT2D eigenvalue weighted by Crippen LogP contribution is -2.44. The Kier molecular flexibility index (Phi) is 5.32. The molecule has 142 valence electrons. The van der Waals surface area contributed by atoms with Crippen molar-refractivity contribution in [1.29, 1.82) is 0 Å². The van der Waals surface area contributed by atoms with Crippen LogP contribution < -0.4 is 0 Å². The lowest BCUT2D eigenvalue weighted by atomic mass is 9.87. The summed E-state index contributed by atoms with van der Waals surface area (Å²) in [6.45, 7) is 6.73. The van der Waals surface area contributed by atoms with Gasteiger partial charge in [-0.3, -0.25) is 9.59 Å². The topological polar surface area (TPSA) is 49.9 Å². The van der Waals surface area contributed by atoms with Crippen LogP contribution in [-0.4, -0.2) is 61.0 Å².